The van der Waals surface area contributed by atoms with Crippen LogP contribution < -0.4 is 0 Å². The summed E-state index contributed by atoms with van der Waals surface area (Å²) in [7, 11) is 1.74. The number of rotatable bonds is 4. The van der Waals surface area contributed by atoms with Crippen molar-refractivity contribution in [2.75, 3.05) is 46.4 Å². The van der Waals surface area contributed by atoms with Crippen molar-refractivity contribution in [3.05, 3.63) is 0 Å². The Morgan fingerprint density at radius 2 is 1.74 bits per heavy atom. The lowest BCUT2D eigenvalue weighted by molar-refractivity contribution is -0.138. The Kier molecular flexibility index (Phi) is 5.64. The first-order valence-corrected chi connectivity index (χ1v) is 7.70. The monoisotopic (exact) mass is 268 g/mol. The number of carbonyl (C=O) groups is 1. The molecule has 19 heavy (non-hydrogen) atoms. The van der Waals surface area contributed by atoms with Crippen molar-refractivity contribution in [2.45, 2.75) is 32.6 Å². The van der Waals surface area contributed by atoms with Crippen LogP contribution in [-0.4, -0.2) is 62.1 Å². The topological polar surface area (TPSA) is 32.8 Å². The van der Waals surface area contributed by atoms with Crippen LogP contribution in [0.25, 0.3) is 0 Å². The zero-order valence-electron chi connectivity index (χ0n) is 12.4. The van der Waals surface area contributed by atoms with Crippen LogP contribution in [0.1, 0.15) is 32.6 Å². The van der Waals surface area contributed by atoms with Gasteiger partial charge in [0.25, 0.3) is 0 Å². The smallest absolute Gasteiger partial charge is 0.225 e. The molecular weight excluding hydrogens is 240 g/mol. The SMILES string of the molecule is COCCN1CCN(C(=O)C2CCC(C)CC2)CC1. The van der Waals surface area contributed by atoms with Gasteiger partial charge < -0.3 is 9.64 Å². The minimum Gasteiger partial charge on any atom is -0.383 e. The maximum Gasteiger partial charge on any atom is 0.225 e. The second-order valence-corrected chi connectivity index (χ2v) is 6.12. The van der Waals surface area contributed by atoms with Gasteiger partial charge in [0.2, 0.25) is 5.91 Å². The van der Waals surface area contributed by atoms with E-state index in [1.165, 1.54) is 12.8 Å². The Bertz CT molecular complexity index is 280. The maximum atomic E-state index is 12.5. The van der Waals surface area contributed by atoms with Gasteiger partial charge in [-0.3, -0.25) is 9.69 Å². The second kappa shape index (κ2) is 7.25. The highest BCUT2D eigenvalue weighted by molar-refractivity contribution is 5.79. The van der Waals surface area contributed by atoms with E-state index in [1.807, 2.05) is 0 Å². The molecule has 1 heterocycles. The summed E-state index contributed by atoms with van der Waals surface area (Å²) in [4.78, 5) is 16.9. The molecule has 4 heteroatoms. The second-order valence-electron chi connectivity index (χ2n) is 6.12. The van der Waals surface area contributed by atoms with Crippen LogP contribution in [0.4, 0.5) is 0 Å². The molecule has 1 saturated heterocycles. The first-order valence-electron chi connectivity index (χ1n) is 7.70. The summed E-state index contributed by atoms with van der Waals surface area (Å²) >= 11 is 0. The molecule has 0 atom stereocenters. The van der Waals surface area contributed by atoms with Gasteiger partial charge in [0.1, 0.15) is 0 Å². The van der Waals surface area contributed by atoms with Crippen LogP contribution in [-0.2, 0) is 9.53 Å². The first kappa shape index (κ1) is 14.8. The van der Waals surface area contributed by atoms with Crippen molar-refractivity contribution in [3.8, 4) is 0 Å². The summed E-state index contributed by atoms with van der Waals surface area (Å²) in [6, 6.07) is 0. The molecule has 0 N–H and O–H groups in total. The van der Waals surface area contributed by atoms with Gasteiger partial charge in [0, 0.05) is 45.8 Å². The lowest BCUT2D eigenvalue weighted by atomic mass is 9.82. The van der Waals surface area contributed by atoms with Crippen LogP contribution in [0.2, 0.25) is 0 Å². The van der Waals surface area contributed by atoms with Gasteiger partial charge in [-0.1, -0.05) is 6.92 Å². The van der Waals surface area contributed by atoms with Gasteiger partial charge in [0.05, 0.1) is 6.61 Å². The number of nitrogens with zero attached hydrogens (tertiary/aromatic N) is 2. The molecule has 1 saturated carbocycles. The van der Waals surface area contributed by atoms with Gasteiger partial charge in [0.15, 0.2) is 0 Å². The van der Waals surface area contributed by atoms with Crippen molar-refractivity contribution in [2.24, 2.45) is 11.8 Å². The summed E-state index contributed by atoms with van der Waals surface area (Å²) in [5.74, 6) is 1.54. The van der Waals surface area contributed by atoms with E-state index in [9.17, 15) is 4.79 Å². The van der Waals surface area contributed by atoms with Gasteiger partial charge in [-0.05, 0) is 31.6 Å². The van der Waals surface area contributed by atoms with E-state index in [2.05, 4.69) is 16.7 Å². The molecule has 1 amide bonds. The third kappa shape index (κ3) is 4.18. The highest BCUT2D eigenvalue weighted by atomic mass is 16.5. The number of ether oxygens (including phenoxy) is 1. The average molecular weight is 268 g/mol. The molecule has 4 nitrogen and oxygen atoms in total. The molecule has 0 aromatic rings. The largest absolute Gasteiger partial charge is 0.383 e. The molecular formula is C15H28N2O2. The minimum atomic E-state index is 0.307. The van der Waals surface area contributed by atoms with E-state index < -0.39 is 0 Å². The first-order chi connectivity index (χ1) is 9.20. The van der Waals surface area contributed by atoms with Crippen LogP contribution >= 0.6 is 0 Å². The molecule has 0 unspecified atom stereocenters. The number of carbonyl (C=O) groups excluding carboxylic acids is 1. The fourth-order valence-electron chi connectivity index (χ4n) is 3.18. The molecule has 0 bridgehead atoms. The van der Waals surface area contributed by atoms with E-state index >= 15 is 0 Å². The molecule has 2 rings (SSSR count). The normalized spacial score (nSPS) is 29.5. The van der Waals surface area contributed by atoms with E-state index in [4.69, 9.17) is 4.74 Å². The van der Waals surface area contributed by atoms with E-state index in [1.54, 1.807) is 7.11 Å². The van der Waals surface area contributed by atoms with E-state index in [0.717, 1.165) is 58.1 Å². The molecule has 0 aromatic heterocycles. The molecule has 1 aliphatic carbocycles. The molecule has 0 aromatic carbocycles. The summed E-state index contributed by atoms with van der Waals surface area (Å²) in [6.45, 7) is 7.86. The van der Waals surface area contributed by atoms with Gasteiger partial charge in [-0.25, -0.2) is 0 Å². The van der Waals surface area contributed by atoms with Crippen LogP contribution in [0.3, 0.4) is 0 Å². The summed E-state index contributed by atoms with van der Waals surface area (Å²) in [5, 5.41) is 0. The third-order valence-electron chi connectivity index (χ3n) is 4.66. The van der Waals surface area contributed by atoms with E-state index in [-0.39, 0.29) is 0 Å². The van der Waals surface area contributed by atoms with Crippen molar-refractivity contribution in [1.82, 2.24) is 9.80 Å². The number of hydrogen-bond donors (Lipinski definition) is 0. The van der Waals surface area contributed by atoms with Crippen molar-refractivity contribution >= 4 is 5.91 Å². The summed E-state index contributed by atoms with van der Waals surface area (Å²) in [5.41, 5.74) is 0. The highest BCUT2D eigenvalue weighted by Gasteiger charge is 2.29. The van der Waals surface area contributed by atoms with Crippen molar-refractivity contribution in [1.29, 1.82) is 0 Å². The Balaban J connectivity index is 1.73. The summed E-state index contributed by atoms with van der Waals surface area (Å²) < 4.78 is 5.10. The quantitative estimate of drug-likeness (QED) is 0.776. The Labute approximate surface area is 117 Å². The van der Waals surface area contributed by atoms with Crippen LogP contribution in [0.15, 0.2) is 0 Å². The van der Waals surface area contributed by atoms with Gasteiger partial charge >= 0.3 is 0 Å². The fraction of sp³-hybridized carbons (Fsp3) is 0.933. The van der Waals surface area contributed by atoms with Crippen LogP contribution in [0.5, 0.6) is 0 Å². The predicted octanol–water partition coefficient (Wildman–Crippen LogP) is 1.60. The standard InChI is InChI=1S/C15H28N2O2/c1-13-3-5-14(6-4-13)15(18)17-9-7-16(8-10-17)11-12-19-2/h13-14H,3-12H2,1-2H3. The molecule has 0 spiro atoms. The van der Waals surface area contributed by atoms with E-state index in [0.29, 0.717) is 11.8 Å². The fourth-order valence-corrected chi connectivity index (χ4v) is 3.18. The molecule has 0 radical (unpaired) electrons. The van der Waals surface area contributed by atoms with Crippen molar-refractivity contribution < 1.29 is 9.53 Å². The molecule has 2 aliphatic rings. The van der Waals surface area contributed by atoms with Crippen molar-refractivity contribution in [3.63, 3.8) is 0 Å². The number of methoxy groups -OCH3 is 1. The highest BCUT2D eigenvalue weighted by Crippen LogP contribution is 2.29. The number of piperazine rings is 1. The Morgan fingerprint density at radius 3 is 2.32 bits per heavy atom. The number of hydrogen-bond acceptors (Lipinski definition) is 3. The Morgan fingerprint density at radius 1 is 1.11 bits per heavy atom. The lowest BCUT2D eigenvalue weighted by Crippen LogP contribution is -2.51. The zero-order valence-corrected chi connectivity index (χ0v) is 12.4. The maximum absolute atomic E-state index is 12.5. The molecule has 1 aliphatic heterocycles. The van der Waals surface area contributed by atoms with Crippen LogP contribution in [0, 0.1) is 11.8 Å². The predicted molar refractivity (Wildman–Crippen MR) is 76.0 cm³/mol. The van der Waals surface area contributed by atoms with Gasteiger partial charge in [-0.2, -0.15) is 0 Å². The zero-order chi connectivity index (χ0) is 13.7. The Hall–Kier alpha value is -0.610. The molecule has 110 valence electrons. The number of amides is 1. The average Bonchev–Trinajstić information content (AvgIpc) is 2.46. The van der Waals surface area contributed by atoms with Gasteiger partial charge in [-0.15, -0.1) is 0 Å². The third-order valence-corrected chi connectivity index (χ3v) is 4.66. The minimum absolute atomic E-state index is 0.307. The lowest BCUT2D eigenvalue weighted by Gasteiger charge is -2.37. The summed E-state index contributed by atoms with van der Waals surface area (Å²) in [6.07, 6.45) is 4.65. The molecule has 2 fully saturated rings.